The summed E-state index contributed by atoms with van der Waals surface area (Å²) in [5.74, 6) is -2.22. The number of benzene rings is 4. The summed E-state index contributed by atoms with van der Waals surface area (Å²) in [6.07, 6.45) is 20.6. The van der Waals surface area contributed by atoms with Crippen molar-refractivity contribution in [3.05, 3.63) is 36.4 Å². The number of hydrogen-bond donors (Lipinski definition) is 0. The maximum absolute atomic E-state index is 14.8. The van der Waals surface area contributed by atoms with Crippen molar-refractivity contribution in [2.45, 2.75) is 264 Å². The average molecular weight is 1200 g/mol. The molecule has 0 heterocycles. The highest BCUT2D eigenvalue weighted by Crippen LogP contribution is 2.44. The fraction of sp³-hybridized carbons (Fsp3) is 0.700. The van der Waals surface area contributed by atoms with E-state index in [1.54, 1.807) is 0 Å². The van der Waals surface area contributed by atoms with Gasteiger partial charge in [0.1, 0.15) is 0 Å². The predicted octanol–water partition coefficient (Wildman–Crippen LogP) is 15.6. The van der Waals surface area contributed by atoms with E-state index in [0.717, 1.165) is 116 Å². The van der Waals surface area contributed by atoms with E-state index in [0.29, 0.717) is 38.5 Å². The predicted molar refractivity (Wildman–Crippen MR) is 324 cm³/mol. The molecular formula is C60H96O12S6. The molecule has 444 valence electrons. The van der Waals surface area contributed by atoms with Crippen LogP contribution in [0.2, 0.25) is 0 Å². The first-order valence-corrected chi connectivity index (χ1v) is 39.8. The van der Waals surface area contributed by atoms with Gasteiger partial charge in [-0.1, -0.05) is 196 Å². The molecule has 4 aromatic carbocycles. The molecule has 78 heavy (non-hydrogen) atoms. The van der Waals surface area contributed by atoms with Crippen molar-refractivity contribution in [2.24, 2.45) is 0 Å². The van der Waals surface area contributed by atoms with E-state index >= 15 is 0 Å². The van der Waals surface area contributed by atoms with Gasteiger partial charge in [-0.3, -0.25) is 0 Å². The van der Waals surface area contributed by atoms with Gasteiger partial charge in [-0.15, -0.1) is 0 Å². The Morgan fingerprint density at radius 2 is 0.308 bits per heavy atom. The lowest BCUT2D eigenvalue weighted by Crippen LogP contribution is -2.17. The molecular weight excluding hydrogens is 1110 g/mol. The number of unbranched alkanes of at least 4 members (excludes halogenated alkanes) is 24. The third kappa shape index (κ3) is 19.2. The van der Waals surface area contributed by atoms with Crippen molar-refractivity contribution < 1.29 is 50.5 Å². The quantitative estimate of drug-likeness (QED) is 0.0300. The van der Waals surface area contributed by atoms with E-state index in [-0.39, 0.29) is 105 Å². The number of hydrogen-bond acceptors (Lipinski definition) is 12. The molecule has 0 atom stereocenters. The topological polar surface area (TPSA) is 205 Å². The van der Waals surface area contributed by atoms with E-state index < -0.39 is 88.4 Å². The van der Waals surface area contributed by atoms with E-state index in [2.05, 4.69) is 0 Å². The van der Waals surface area contributed by atoms with Crippen LogP contribution in [0, 0.1) is 0 Å². The Morgan fingerprint density at radius 1 is 0.192 bits per heavy atom. The molecule has 4 aromatic rings. The van der Waals surface area contributed by atoms with Crippen LogP contribution in [0.1, 0.15) is 234 Å². The van der Waals surface area contributed by atoms with Crippen molar-refractivity contribution in [3.63, 3.8) is 0 Å². The van der Waals surface area contributed by atoms with Crippen LogP contribution < -0.4 is 0 Å². The summed E-state index contributed by atoms with van der Waals surface area (Å²) in [7, 11) is -26.3. The zero-order valence-electron chi connectivity index (χ0n) is 48.3. The molecule has 0 saturated heterocycles. The second-order valence-electron chi connectivity index (χ2n) is 21.9. The SMILES string of the molecule is CCCCCCCS(=O)(=O)c1cc2c3cc(S(=O)(=O)CCCCCCC)c(S(=O)(=O)CCCCCCC)cc3c3cc(S(=O)(=O)CCCCCCC)c(S(=O)(=O)CCCCCCC)cc3c2cc1S(=O)(=O)CCCCCCC. The molecule has 0 aliphatic carbocycles. The number of sulfone groups is 6. The first-order valence-electron chi connectivity index (χ1n) is 29.9. The Kier molecular flexibility index (Phi) is 28.1. The molecule has 4 rings (SSSR count). The summed E-state index contributed by atoms with van der Waals surface area (Å²) < 4.78 is 178. The van der Waals surface area contributed by atoms with Gasteiger partial charge >= 0.3 is 0 Å². The monoisotopic (exact) mass is 1200 g/mol. The summed E-state index contributed by atoms with van der Waals surface area (Å²) in [6.45, 7) is 12.2. The van der Waals surface area contributed by atoms with Crippen molar-refractivity contribution in [1.29, 1.82) is 0 Å². The molecule has 12 nitrogen and oxygen atoms in total. The van der Waals surface area contributed by atoms with Gasteiger partial charge < -0.3 is 0 Å². The van der Waals surface area contributed by atoms with Gasteiger partial charge in [0.2, 0.25) is 0 Å². The van der Waals surface area contributed by atoms with Crippen molar-refractivity contribution in [1.82, 2.24) is 0 Å². The molecule has 0 fully saturated rings. The lowest BCUT2D eigenvalue weighted by molar-refractivity contribution is 0.574. The summed E-state index contributed by atoms with van der Waals surface area (Å²) >= 11 is 0. The highest BCUT2D eigenvalue weighted by atomic mass is 32.2. The fourth-order valence-electron chi connectivity index (χ4n) is 10.5. The highest BCUT2D eigenvalue weighted by molar-refractivity contribution is 7.95. The van der Waals surface area contributed by atoms with E-state index in [4.69, 9.17) is 0 Å². The van der Waals surface area contributed by atoms with Gasteiger partial charge in [-0.2, -0.15) is 0 Å². The van der Waals surface area contributed by atoms with Crippen LogP contribution in [0.3, 0.4) is 0 Å². The van der Waals surface area contributed by atoms with Gasteiger partial charge in [0.05, 0.1) is 63.9 Å². The van der Waals surface area contributed by atoms with Crippen LogP contribution in [0.4, 0.5) is 0 Å². The first kappa shape index (κ1) is 67.9. The normalized spacial score (nSPS) is 13.2. The molecule has 0 N–H and O–H groups in total. The van der Waals surface area contributed by atoms with Crippen LogP contribution in [-0.2, 0) is 59.0 Å². The molecule has 0 bridgehead atoms. The molecule has 0 unspecified atom stereocenters. The van der Waals surface area contributed by atoms with Gasteiger partial charge in [-0.05, 0) is 107 Å². The minimum atomic E-state index is -4.38. The van der Waals surface area contributed by atoms with E-state index in [1.807, 2.05) is 41.5 Å². The summed E-state index contributed by atoms with van der Waals surface area (Å²) in [5.41, 5.74) is 0. The fourth-order valence-corrected chi connectivity index (χ4v) is 21.6. The maximum atomic E-state index is 14.8. The minimum Gasteiger partial charge on any atom is -0.224 e. The summed E-state index contributed by atoms with van der Waals surface area (Å²) in [5, 5.41) is 0.424. The summed E-state index contributed by atoms with van der Waals surface area (Å²) in [4.78, 5) is -2.80. The van der Waals surface area contributed by atoms with Crippen LogP contribution in [0.5, 0.6) is 0 Å². The molecule has 0 saturated carbocycles. The Balaban J connectivity index is 2.34. The van der Waals surface area contributed by atoms with Gasteiger partial charge in [0.25, 0.3) is 0 Å². The standard InChI is InChI=1S/C60H96O12S6/c1-7-13-19-25-31-37-73(61,62)55-43-49-50(44-56(55)74(63,64)38-32-26-20-14-8-2)52-46-58(76(67,68)40-34-28-22-16-10-4)60(78(71,72)42-36-30-24-18-12-6)48-54(52)53-47-59(77(69,70)41-35-29-23-17-11-5)57(45-51(49)53)75(65,66)39-33-27-21-15-9-3/h43-48H,7-42H2,1-6H3. The Bertz CT molecular complexity index is 2660. The molecule has 0 aliphatic rings. The van der Waals surface area contributed by atoms with Crippen molar-refractivity contribution in [3.8, 4) is 0 Å². The van der Waals surface area contributed by atoms with Crippen LogP contribution >= 0.6 is 0 Å². The molecule has 0 radical (unpaired) electrons. The number of fused-ring (bicyclic) bond motifs is 6. The average Bonchev–Trinajstić information content (AvgIpc) is 3.60. The summed E-state index contributed by atoms with van der Waals surface area (Å²) in [6, 6.07) is 7.55. The first-order chi connectivity index (χ1) is 37.0. The van der Waals surface area contributed by atoms with Crippen molar-refractivity contribution in [2.75, 3.05) is 34.5 Å². The van der Waals surface area contributed by atoms with E-state index in [9.17, 15) is 50.5 Å². The van der Waals surface area contributed by atoms with Gasteiger partial charge in [0.15, 0.2) is 59.0 Å². The molecule has 0 aromatic heterocycles. The van der Waals surface area contributed by atoms with Crippen LogP contribution in [-0.4, -0.2) is 85.0 Å². The van der Waals surface area contributed by atoms with Gasteiger partial charge in [-0.25, -0.2) is 50.5 Å². The largest absolute Gasteiger partial charge is 0.224 e. The highest BCUT2D eigenvalue weighted by Gasteiger charge is 2.34. The third-order valence-corrected chi connectivity index (χ3v) is 26.6. The Morgan fingerprint density at radius 3 is 0.423 bits per heavy atom. The second-order valence-corrected chi connectivity index (χ2v) is 34.4. The van der Waals surface area contributed by atoms with Crippen LogP contribution in [0.15, 0.2) is 65.8 Å². The molecule has 0 aliphatic heterocycles. The zero-order valence-corrected chi connectivity index (χ0v) is 53.2. The molecule has 18 heteroatoms. The van der Waals surface area contributed by atoms with Crippen LogP contribution in [0.25, 0.3) is 32.3 Å². The Labute approximate surface area is 473 Å². The maximum Gasteiger partial charge on any atom is 0.179 e. The minimum absolute atomic E-state index is 0.0707. The third-order valence-electron chi connectivity index (χ3n) is 15.2. The molecule has 0 spiro atoms. The second kappa shape index (κ2) is 32.3. The Hall–Kier alpha value is -2.64. The lowest BCUT2D eigenvalue weighted by atomic mass is 9.94. The zero-order chi connectivity index (χ0) is 57.6. The van der Waals surface area contributed by atoms with Gasteiger partial charge in [0, 0.05) is 0 Å². The lowest BCUT2D eigenvalue weighted by Gasteiger charge is -2.20. The van der Waals surface area contributed by atoms with E-state index in [1.165, 1.54) is 36.4 Å². The molecule has 0 amide bonds. The van der Waals surface area contributed by atoms with Crippen molar-refractivity contribution >= 4 is 91.3 Å². The smallest absolute Gasteiger partial charge is 0.179 e. The number of rotatable bonds is 42.